The zero-order valence-corrected chi connectivity index (χ0v) is 46.5. The van der Waals surface area contributed by atoms with Crippen LogP contribution in [0.15, 0.2) is 0 Å². The van der Waals surface area contributed by atoms with Crippen LogP contribution >= 0.6 is 0 Å². The average Bonchev–Trinajstić information content (AvgIpc) is 3.39. The van der Waals surface area contributed by atoms with Crippen molar-refractivity contribution < 1.29 is 76.2 Å². The van der Waals surface area contributed by atoms with Crippen LogP contribution in [0.1, 0.15) is 161 Å². The molecule has 0 radical (unpaired) electrons. The number of hydrogen-bond donors (Lipinski definition) is 1. The van der Waals surface area contributed by atoms with E-state index in [2.05, 4.69) is 6.92 Å². The summed E-state index contributed by atoms with van der Waals surface area (Å²) in [5, 5.41) is 8.61. The third kappa shape index (κ3) is 69.4. The molecular formula is C56H114O16. The Morgan fingerprint density at radius 3 is 0.431 bits per heavy atom. The van der Waals surface area contributed by atoms with Crippen LogP contribution in [0.4, 0.5) is 0 Å². The Bertz CT molecular complexity index is 843. The second-order valence-electron chi connectivity index (χ2n) is 18.0. The van der Waals surface area contributed by atoms with Gasteiger partial charge in [0.05, 0.1) is 198 Å². The van der Waals surface area contributed by atoms with Crippen molar-refractivity contribution in [1.29, 1.82) is 0 Å². The molecule has 0 amide bonds. The molecule has 0 aliphatic carbocycles. The number of unbranched alkanes of at least 4 members (excludes halogenated alkanes) is 23. The van der Waals surface area contributed by atoms with Crippen LogP contribution in [0.25, 0.3) is 0 Å². The lowest BCUT2D eigenvalue weighted by atomic mass is 10.0. The summed E-state index contributed by atoms with van der Waals surface area (Å²) in [5.74, 6) is 0. The van der Waals surface area contributed by atoms with E-state index in [1.165, 1.54) is 148 Å². The lowest BCUT2D eigenvalue weighted by Gasteiger charge is -2.09. The normalized spacial score (nSPS) is 11.8. The molecule has 0 saturated carbocycles. The van der Waals surface area contributed by atoms with Gasteiger partial charge in [0.15, 0.2) is 0 Å². The van der Waals surface area contributed by atoms with Gasteiger partial charge in [0.2, 0.25) is 0 Å². The van der Waals surface area contributed by atoms with Crippen LogP contribution in [0.2, 0.25) is 0 Å². The highest BCUT2D eigenvalue weighted by molar-refractivity contribution is 4.52. The van der Waals surface area contributed by atoms with Crippen molar-refractivity contribution in [2.75, 3.05) is 205 Å². The minimum absolute atomic E-state index is 0.0237. The fraction of sp³-hybridized carbons (Fsp3) is 1.00. The molecule has 0 aromatic heterocycles. The highest BCUT2D eigenvalue weighted by atomic mass is 16.6. The van der Waals surface area contributed by atoms with Crippen LogP contribution in [-0.2, 0) is 71.1 Å². The molecule has 72 heavy (non-hydrogen) atoms. The summed E-state index contributed by atoms with van der Waals surface area (Å²) >= 11 is 0. The molecule has 0 bridgehead atoms. The van der Waals surface area contributed by atoms with Crippen LogP contribution in [0.5, 0.6) is 0 Å². The van der Waals surface area contributed by atoms with Crippen LogP contribution in [0.3, 0.4) is 0 Å². The molecule has 434 valence electrons. The van der Waals surface area contributed by atoms with Gasteiger partial charge >= 0.3 is 0 Å². The Kier molecular flexibility index (Phi) is 69.7. The first-order valence-corrected chi connectivity index (χ1v) is 29.2. The molecule has 0 aliphatic rings. The van der Waals surface area contributed by atoms with Crippen molar-refractivity contribution >= 4 is 0 Å². The standard InChI is InChI=1S/C56H114O16/c1-2-3-4-5-6-7-8-9-10-11-12-13-14-15-16-17-18-19-20-21-22-23-24-25-27-58-29-31-60-33-35-62-37-39-64-41-43-66-45-47-68-49-51-70-53-55-72-56-54-71-52-50-69-48-46-67-44-42-65-40-38-63-36-34-61-32-30-59-28-26-57/h57H,2-56H2,1H3. The Balaban J connectivity index is 3.07. The highest BCUT2D eigenvalue weighted by Gasteiger charge is 2.00. The Labute approximate surface area is 440 Å². The summed E-state index contributed by atoms with van der Waals surface area (Å²) in [7, 11) is 0. The molecule has 1 N–H and O–H groups in total. The van der Waals surface area contributed by atoms with Gasteiger partial charge in [-0.3, -0.25) is 0 Å². The van der Waals surface area contributed by atoms with E-state index in [-0.39, 0.29) is 6.61 Å². The first-order valence-electron chi connectivity index (χ1n) is 29.2. The minimum Gasteiger partial charge on any atom is -0.394 e. The van der Waals surface area contributed by atoms with Crippen molar-refractivity contribution in [2.45, 2.75) is 161 Å². The molecular weight excluding hydrogens is 929 g/mol. The maximum absolute atomic E-state index is 8.61. The summed E-state index contributed by atoms with van der Waals surface area (Å²) in [4.78, 5) is 0. The zero-order chi connectivity index (χ0) is 51.5. The summed E-state index contributed by atoms with van der Waals surface area (Å²) in [6.07, 6.45) is 33.9. The van der Waals surface area contributed by atoms with Gasteiger partial charge in [-0.25, -0.2) is 0 Å². The number of rotatable bonds is 69. The molecule has 0 saturated heterocycles. The van der Waals surface area contributed by atoms with Crippen LogP contribution in [0, 0.1) is 0 Å². The van der Waals surface area contributed by atoms with E-state index < -0.39 is 0 Å². The highest BCUT2D eigenvalue weighted by Crippen LogP contribution is 2.16. The predicted octanol–water partition coefficient (Wildman–Crippen LogP) is 9.61. The third-order valence-corrected chi connectivity index (χ3v) is 11.6. The molecule has 0 rings (SSSR count). The molecule has 0 unspecified atom stereocenters. The number of aliphatic hydroxyl groups excluding tert-OH is 1. The summed E-state index contributed by atoms with van der Waals surface area (Å²) < 4.78 is 82.4. The number of ether oxygens (including phenoxy) is 15. The van der Waals surface area contributed by atoms with Gasteiger partial charge in [0.25, 0.3) is 0 Å². The van der Waals surface area contributed by atoms with Gasteiger partial charge in [-0.05, 0) is 6.42 Å². The molecule has 0 aliphatic heterocycles. The van der Waals surface area contributed by atoms with Crippen LogP contribution in [-0.4, -0.2) is 210 Å². The summed E-state index contributed by atoms with van der Waals surface area (Å²) in [6.45, 7) is 18.0. The minimum atomic E-state index is 0.0237. The Morgan fingerprint density at radius 1 is 0.153 bits per heavy atom. The Morgan fingerprint density at radius 2 is 0.278 bits per heavy atom. The van der Waals surface area contributed by atoms with E-state index in [0.717, 1.165) is 13.0 Å². The van der Waals surface area contributed by atoms with Crippen molar-refractivity contribution in [2.24, 2.45) is 0 Å². The quantitative estimate of drug-likeness (QED) is 0.0574. The maximum Gasteiger partial charge on any atom is 0.0701 e. The van der Waals surface area contributed by atoms with Gasteiger partial charge in [-0.15, -0.1) is 0 Å². The van der Waals surface area contributed by atoms with E-state index in [4.69, 9.17) is 76.2 Å². The largest absolute Gasteiger partial charge is 0.394 e. The predicted molar refractivity (Wildman–Crippen MR) is 286 cm³/mol. The zero-order valence-electron chi connectivity index (χ0n) is 46.5. The van der Waals surface area contributed by atoms with E-state index in [9.17, 15) is 0 Å². The first kappa shape index (κ1) is 71.4. The van der Waals surface area contributed by atoms with Gasteiger partial charge < -0.3 is 76.2 Å². The molecule has 0 atom stereocenters. The number of hydrogen-bond acceptors (Lipinski definition) is 16. The smallest absolute Gasteiger partial charge is 0.0701 e. The van der Waals surface area contributed by atoms with E-state index in [1.54, 1.807) is 0 Å². The molecule has 0 aromatic carbocycles. The van der Waals surface area contributed by atoms with Crippen molar-refractivity contribution in [3.05, 3.63) is 0 Å². The lowest BCUT2D eigenvalue weighted by Crippen LogP contribution is -2.15. The third-order valence-electron chi connectivity index (χ3n) is 11.6. The van der Waals surface area contributed by atoms with E-state index >= 15 is 0 Å². The van der Waals surface area contributed by atoms with E-state index in [0.29, 0.717) is 192 Å². The summed E-state index contributed by atoms with van der Waals surface area (Å²) in [5.41, 5.74) is 0. The topological polar surface area (TPSA) is 159 Å². The molecule has 0 fully saturated rings. The van der Waals surface area contributed by atoms with Gasteiger partial charge in [-0.1, -0.05) is 155 Å². The van der Waals surface area contributed by atoms with Crippen molar-refractivity contribution in [3.8, 4) is 0 Å². The fourth-order valence-electron chi connectivity index (χ4n) is 7.41. The van der Waals surface area contributed by atoms with Gasteiger partial charge in [0.1, 0.15) is 0 Å². The Hall–Kier alpha value is -0.640. The average molecular weight is 1040 g/mol. The van der Waals surface area contributed by atoms with Gasteiger partial charge in [-0.2, -0.15) is 0 Å². The lowest BCUT2D eigenvalue weighted by molar-refractivity contribution is -0.0301. The van der Waals surface area contributed by atoms with Crippen molar-refractivity contribution in [1.82, 2.24) is 0 Å². The van der Waals surface area contributed by atoms with Gasteiger partial charge in [0, 0.05) is 6.61 Å². The molecule has 0 spiro atoms. The fourth-order valence-corrected chi connectivity index (χ4v) is 7.41. The number of aliphatic hydroxyl groups is 1. The molecule has 16 heteroatoms. The molecule has 16 nitrogen and oxygen atoms in total. The SMILES string of the molecule is CCCCCCCCCCCCCCCCCCCCCCCCCCOCCOCCOCCOCCOCCOCCOCCOCCOCCOCCOCCOCCOCCOCCOCCO. The van der Waals surface area contributed by atoms with Crippen molar-refractivity contribution in [3.63, 3.8) is 0 Å². The second kappa shape index (κ2) is 70.4. The second-order valence-corrected chi connectivity index (χ2v) is 18.0. The molecule has 0 heterocycles. The van der Waals surface area contributed by atoms with E-state index in [1.807, 2.05) is 0 Å². The van der Waals surface area contributed by atoms with Crippen LogP contribution < -0.4 is 0 Å². The summed E-state index contributed by atoms with van der Waals surface area (Å²) in [6, 6.07) is 0. The first-order chi connectivity index (χ1) is 35.9. The maximum atomic E-state index is 8.61. The molecule has 0 aromatic rings. The monoisotopic (exact) mass is 1040 g/mol.